The number of esters is 1. The summed E-state index contributed by atoms with van der Waals surface area (Å²) in [5.41, 5.74) is -1.14. The Labute approximate surface area is 84.1 Å². The molecule has 0 saturated carbocycles. The highest BCUT2D eigenvalue weighted by atomic mass is 16.5. The summed E-state index contributed by atoms with van der Waals surface area (Å²) in [4.78, 5) is 23.0. The molecule has 1 unspecified atom stereocenters. The molecule has 0 aromatic heterocycles. The van der Waals surface area contributed by atoms with Crippen LogP contribution in [0.4, 0.5) is 0 Å². The van der Waals surface area contributed by atoms with Crippen molar-refractivity contribution in [2.24, 2.45) is 10.8 Å². The van der Waals surface area contributed by atoms with E-state index in [0.717, 1.165) is 0 Å². The Hall–Kier alpha value is -1.12. The van der Waals surface area contributed by atoms with Crippen molar-refractivity contribution >= 4 is 11.8 Å². The number of allylic oxidation sites excluding steroid dienone is 1. The fourth-order valence-electron chi connectivity index (χ4n) is 1.92. The lowest BCUT2D eigenvalue weighted by Gasteiger charge is -2.35. The normalized spacial score (nSPS) is 30.1. The van der Waals surface area contributed by atoms with Gasteiger partial charge in [0.15, 0.2) is 5.78 Å². The molecule has 0 bridgehead atoms. The summed E-state index contributed by atoms with van der Waals surface area (Å²) in [6.07, 6.45) is 3.63. The molecule has 14 heavy (non-hydrogen) atoms. The predicted octanol–water partition coefficient (Wildman–Crippen LogP) is 1.72. The first-order chi connectivity index (χ1) is 6.32. The molecular weight excluding hydrogens is 180 g/mol. The lowest BCUT2D eigenvalue weighted by molar-refractivity contribution is -0.151. The third-order valence-corrected chi connectivity index (χ3v) is 2.73. The Morgan fingerprint density at radius 2 is 2.00 bits per heavy atom. The smallest absolute Gasteiger partial charge is 0.315 e. The van der Waals surface area contributed by atoms with Gasteiger partial charge in [-0.3, -0.25) is 9.59 Å². The van der Waals surface area contributed by atoms with Gasteiger partial charge < -0.3 is 4.74 Å². The van der Waals surface area contributed by atoms with Crippen molar-refractivity contribution in [3.8, 4) is 0 Å². The van der Waals surface area contributed by atoms with Gasteiger partial charge in [-0.25, -0.2) is 0 Å². The molecule has 0 radical (unpaired) electrons. The van der Waals surface area contributed by atoms with Crippen LogP contribution < -0.4 is 0 Å². The molecule has 1 aliphatic rings. The van der Waals surface area contributed by atoms with Crippen LogP contribution in [-0.2, 0) is 14.3 Å². The van der Waals surface area contributed by atoms with E-state index in [0.29, 0.717) is 6.42 Å². The van der Waals surface area contributed by atoms with Crippen LogP contribution >= 0.6 is 0 Å². The third kappa shape index (κ3) is 1.72. The molecule has 0 N–H and O–H groups in total. The minimum atomic E-state index is -0.661. The number of hydrogen-bond acceptors (Lipinski definition) is 3. The molecule has 0 aromatic rings. The Bertz CT molecular complexity index is 302. The van der Waals surface area contributed by atoms with Crippen molar-refractivity contribution in [3.63, 3.8) is 0 Å². The molecule has 0 saturated heterocycles. The summed E-state index contributed by atoms with van der Waals surface area (Å²) >= 11 is 0. The standard InChI is InChI=1S/C11H16O3/c1-10(2)7-11(3,9(13)14-4)6-5-8(10)12/h5-6H,7H2,1-4H3. The van der Waals surface area contributed by atoms with Crippen LogP contribution in [0.5, 0.6) is 0 Å². The second-order valence-electron chi connectivity index (χ2n) is 4.67. The van der Waals surface area contributed by atoms with Gasteiger partial charge in [0.1, 0.15) is 0 Å². The van der Waals surface area contributed by atoms with Crippen molar-refractivity contribution in [1.82, 2.24) is 0 Å². The number of rotatable bonds is 1. The van der Waals surface area contributed by atoms with Crippen LogP contribution in [-0.4, -0.2) is 18.9 Å². The average Bonchev–Trinajstić information content (AvgIpc) is 2.10. The maximum absolute atomic E-state index is 11.5. The number of carbonyl (C=O) groups excluding carboxylic acids is 2. The molecule has 0 amide bonds. The largest absolute Gasteiger partial charge is 0.468 e. The molecule has 0 heterocycles. The molecular formula is C11H16O3. The molecule has 3 heteroatoms. The summed E-state index contributed by atoms with van der Waals surface area (Å²) in [6.45, 7) is 5.49. The zero-order chi connectivity index (χ0) is 11.0. The minimum Gasteiger partial charge on any atom is -0.468 e. The Morgan fingerprint density at radius 1 is 1.43 bits per heavy atom. The van der Waals surface area contributed by atoms with E-state index in [1.807, 2.05) is 13.8 Å². The monoisotopic (exact) mass is 196 g/mol. The molecule has 0 aromatic carbocycles. The van der Waals surface area contributed by atoms with E-state index in [1.54, 1.807) is 13.0 Å². The van der Waals surface area contributed by atoms with Crippen LogP contribution in [0.2, 0.25) is 0 Å². The van der Waals surface area contributed by atoms with Crippen molar-refractivity contribution in [1.29, 1.82) is 0 Å². The molecule has 0 aliphatic heterocycles. The van der Waals surface area contributed by atoms with Crippen molar-refractivity contribution in [3.05, 3.63) is 12.2 Å². The molecule has 1 atom stereocenters. The zero-order valence-electron chi connectivity index (χ0n) is 9.09. The van der Waals surface area contributed by atoms with Gasteiger partial charge in [0.25, 0.3) is 0 Å². The first-order valence-electron chi connectivity index (χ1n) is 4.64. The van der Waals surface area contributed by atoms with E-state index in [9.17, 15) is 9.59 Å². The fraction of sp³-hybridized carbons (Fsp3) is 0.636. The molecule has 0 fully saturated rings. The number of ketones is 1. The number of methoxy groups -OCH3 is 1. The zero-order valence-corrected chi connectivity index (χ0v) is 9.09. The maximum atomic E-state index is 11.5. The van der Waals surface area contributed by atoms with Gasteiger partial charge in [-0.2, -0.15) is 0 Å². The first kappa shape index (κ1) is 11.0. The molecule has 78 valence electrons. The highest BCUT2D eigenvalue weighted by molar-refractivity contribution is 5.97. The second-order valence-corrected chi connectivity index (χ2v) is 4.67. The van der Waals surface area contributed by atoms with Gasteiger partial charge in [0.2, 0.25) is 0 Å². The third-order valence-electron chi connectivity index (χ3n) is 2.73. The van der Waals surface area contributed by atoms with Crippen LogP contribution in [0.3, 0.4) is 0 Å². The van der Waals surface area contributed by atoms with E-state index in [-0.39, 0.29) is 11.8 Å². The molecule has 1 aliphatic carbocycles. The summed E-state index contributed by atoms with van der Waals surface area (Å²) in [5.74, 6) is -0.215. The first-order valence-corrected chi connectivity index (χ1v) is 4.64. The average molecular weight is 196 g/mol. The van der Waals surface area contributed by atoms with Crippen molar-refractivity contribution < 1.29 is 14.3 Å². The second kappa shape index (κ2) is 3.23. The summed E-state index contributed by atoms with van der Waals surface area (Å²) in [7, 11) is 1.37. The van der Waals surface area contributed by atoms with E-state index in [2.05, 4.69) is 0 Å². The van der Waals surface area contributed by atoms with Gasteiger partial charge in [0.05, 0.1) is 12.5 Å². The fourth-order valence-corrected chi connectivity index (χ4v) is 1.92. The minimum absolute atomic E-state index is 0.0684. The van der Waals surface area contributed by atoms with Gasteiger partial charge in [-0.05, 0) is 19.4 Å². The highest BCUT2D eigenvalue weighted by Crippen LogP contribution is 2.40. The summed E-state index contributed by atoms with van der Waals surface area (Å²) < 4.78 is 4.72. The number of carbonyl (C=O) groups is 2. The lowest BCUT2D eigenvalue weighted by Crippen LogP contribution is -2.39. The highest BCUT2D eigenvalue weighted by Gasteiger charge is 2.43. The Morgan fingerprint density at radius 3 is 2.43 bits per heavy atom. The SMILES string of the molecule is COC(=O)C1(C)C=CC(=O)C(C)(C)C1. The molecule has 3 nitrogen and oxygen atoms in total. The van der Waals surface area contributed by atoms with Crippen molar-refractivity contribution in [2.75, 3.05) is 7.11 Å². The van der Waals surface area contributed by atoms with Crippen molar-refractivity contribution in [2.45, 2.75) is 27.2 Å². The maximum Gasteiger partial charge on any atom is 0.315 e. The summed E-state index contributed by atoms with van der Waals surface area (Å²) in [6, 6.07) is 0. The van der Waals surface area contributed by atoms with Crippen LogP contribution in [0.1, 0.15) is 27.2 Å². The van der Waals surface area contributed by atoms with Gasteiger partial charge in [0, 0.05) is 5.41 Å². The lowest BCUT2D eigenvalue weighted by atomic mass is 9.68. The van der Waals surface area contributed by atoms with Gasteiger partial charge >= 0.3 is 5.97 Å². The topological polar surface area (TPSA) is 43.4 Å². The Balaban J connectivity index is 3.02. The van der Waals surface area contributed by atoms with E-state index < -0.39 is 10.8 Å². The van der Waals surface area contributed by atoms with E-state index >= 15 is 0 Å². The van der Waals surface area contributed by atoms with E-state index in [1.165, 1.54) is 13.2 Å². The van der Waals surface area contributed by atoms with E-state index in [4.69, 9.17) is 4.74 Å². The van der Waals surface area contributed by atoms with Crippen LogP contribution in [0.25, 0.3) is 0 Å². The number of ether oxygens (including phenoxy) is 1. The van der Waals surface area contributed by atoms with Crippen LogP contribution in [0.15, 0.2) is 12.2 Å². The number of hydrogen-bond donors (Lipinski definition) is 0. The molecule has 1 rings (SSSR count). The predicted molar refractivity (Wildman–Crippen MR) is 52.7 cm³/mol. The quantitative estimate of drug-likeness (QED) is 0.600. The Kier molecular flexibility index (Phi) is 2.52. The molecule has 0 spiro atoms. The van der Waals surface area contributed by atoms with Crippen LogP contribution in [0, 0.1) is 10.8 Å². The summed E-state index contributed by atoms with van der Waals surface area (Å²) in [5, 5.41) is 0. The van der Waals surface area contributed by atoms with Gasteiger partial charge in [-0.15, -0.1) is 0 Å². The van der Waals surface area contributed by atoms with Gasteiger partial charge in [-0.1, -0.05) is 19.9 Å².